The average Bonchev–Trinajstić information content (AvgIpc) is 3.33. The highest BCUT2D eigenvalue weighted by atomic mass is 19.1. The van der Waals surface area contributed by atoms with Crippen molar-refractivity contribution < 1.29 is 18.6 Å². The molecule has 0 amide bonds. The van der Waals surface area contributed by atoms with Crippen LogP contribution < -0.4 is 24.8 Å². The van der Waals surface area contributed by atoms with Crippen LogP contribution in [0.5, 0.6) is 23.1 Å². The van der Waals surface area contributed by atoms with Crippen molar-refractivity contribution in [2.45, 2.75) is 18.9 Å². The molecule has 0 bridgehead atoms. The number of benzene rings is 2. The van der Waals surface area contributed by atoms with Gasteiger partial charge in [0.05, 0.1) is 20.4 Å². The van der Waals surface area contributed by atoms with E-state index >= 15 is 0 Å². The molecule has 1 atom stereocenters. The first-order valence-electron chi connectivity index (χ1n) is 10.2. The maximum Gasteiger partial charge on any atom is 0.246 e. The maximum atomic E-state index is 13.8. The number of aromatic nitrogens is 2. The molecule has 1 aliphatic rings. The highest BCUT2D eigenvalue weighted by molar-refractivity contribution is 5.62. The van der Waals surface area contributed by atoms with Crippen molar-refractivity contribution in [2.24, 2.45) is 0 Å². The first kappa shape index (κ1) is 20.9. The Morgan fingerprint density at radius 3 is 2.61 bits per heavy atom. The number of hydrogen-bond donors (Lipinski definition) is 2. The molecule has 0 aliphatic carbocycles. The summed E-state index contributed by atoms with van der Waals surface area (Å²) >= 11 is 0. The topological polar surface area (TPSA) is 77.5 Å². The Kier molecular flexibility index (Phi) is 6.47. The van der Waals surface area contributed by atoms with Crippen LogP contribution in [0.15, 0.2) is 48.7 Å². The fourth-order valence-corrected chi connectivity index (χ4v) is 3.42. The molecule has 2 N–H and O–H groups in total. The molecular weight excluding hydrogens is 399 g/mol. The third kappa shape index (κ3) is 5.03. The highest BCUT2D eigenvalue weighted by Gasteiger charge is 2.17. The van der Waals surface area contributed by atoms with Gasteiger partial charge in [0, 0.05) is 18.2 Å². The fraction of sp³-hybridized carbons (Fsp3) is 0.304. The second-order valence-corrected chi connectivity index (χ2v) is 7.21. The zero-order chi connectivity index (χ0) is 21.6. The quantitative estimate of drug-likeness (QED) is 0.560. The molecule has 1 aliphatic heterocycles. The monoisotopic (exact) mass is 424 g/mol. The molecule has 8 heteroatoms. The standard InChI is InChI=1S/C23H25FN4O3/c1-29-17-6-8-18(9-7-17)31-23-20(26-13-16-4-3-11-25-16)14-27-22(28-23)15-5-10-19(24)21(12-15)30-2/h5-10,12,14,16,25-26H,3-4,11,13H2,1-2H3/t16-/m0/s1. The number of ether oxygens (including phenoxy) is 3. The van der Waals surface area contributed by atoms with Gasteiger partial charge in [-0.2, -0.15) is 4.98 Å². The van der Waals surface area contributed by atoms with Crippen molar-refractivity contribution in [1.82, 2.24) is 15.3 Å². The van der Waals surface area contributed by atoms with E-state index < -0.39 is 5.82 Å². The van der Waals surface area contributed by atoms with E-state index in [9.17, 15) is 4.39 Å². The van der Waals surface area contributed by atoms with Gasteiger partial charge in [0.15, 0.2) is 17.4 Å². The minimum Gasteiger partial charge on any atom is -0.497 e. The predicted octanol–water partition coefficient (Wildman–Crippen LogP) is 4.26. The molecule has 1 fully saturated rings. The number of hydrogen-bond acceptors (Lipinski definition) is 7. The van der Waals surface area contributed by atoms with Gasteiger partial charge in [-0.1, -0.05) is 0 Å². The number of halogens is 1. The Balaban J connectivity index is 1.63. The van der Waals surface area contributed by atoms with Crippen LogP contribution in [0, 0.1) is 5.82 Å². The maximum absolute atomic E-state index is 13.8. The van der Waals surface area contributed by atoms with E-state index in [1.165, 1.54) is 19.6 Å². The Morgan fingerprint density at radius 1 is 1.10 bits per heavy atom. The Bertz CT molecular complexity index is 1020. The van der Waals surface area contributed by atoms with Crippen LogP contribution in [-0.4, -0.2) is 43.3 Å². The first-order valence-corrected chi connectivity index (χ1v) is 10.2. The minimum atomic E-state index is -0.441. The molecule has 0 radical (unpaired) electrons. The second-order valence-electron chi connectivity index (χ2n) is 7.21. The lowest BCUT2D eigenvalue weighted by molar-refractivity contribution is 0.386. The molecule has 0 saturated carbocycles. The minimum absolute atomic E-state index is 0.133. The van der Waals surface area contributed by atoms with Gasteiger partial charge < -0.3 is 24.8 Å². The van der Waals surface area contributed by atoms with Crippen LogP contribution in [-0.2, 0) is 0 Å². The molecule has 0 spiro atoms. The summed E-state index contributed by atoms with van der Waals surface area (Å²) in [5.41, 5.74) is 1.31. The molecule has 2 heterocycles. The Labute approximate surface area is 180 Å². The van der Waals surface area contributed by atoms with Gasteiger partial charge in [-0.05, 0) is 61.9 Å². The van der Waals surface area contributed by atoms with Crippen LogP contribution in [0.2, 0.25) is 0 Å². The lowest BCUT2D eigenvalue weighted by Gasteiger charge is -2.16. The lowest BCUT2D eigenvalue weighted by atomic mass is 10.2. The molecule has 7 nitrogen and oxygen atoms in total. The summed E-state index contributed by atoms with van der Waals surface area (Å²) in [6, 6.07) is 12.2. The van der Waals surface area contributed by atoms with Crippen molar-refractivity contribution in [2.75, 3.05) is 32.6 Å². The van der Waals surface area contributed by atoms with Crippen LogP contribution >= 0.6 is 0 Å². The third-order valence-electron chi connectivity index (χ3n) is 5.14. The number of anilines is 1. The summed E-state index contributed by atoms with van der Waals surface area (Å²) in [6.07, 6.45) is 3.98. The van der Waals surface area contributed by atoms with Gasteiger partial charge in [-0.3, -0.25) is 0 Å². The van der Waals surface area contributed by atoms with Crippen LogP contribution in [0.4, 0.5) is 10.1 Å². The zero-order valence-electron chi connectivity index (χ0n) is 17.5. The van der Waals surface area contributed by atoms with Gasteiger partial charge in [0.25, 0.3) is 0 Å². The third-order valence-corrected chi connectivity index (χ3v) is 5.14. The Hall–Kier alpha value is -3.39. The van der Waals surface area contributed by atoms with E-state index in [-0.39, 0.29) is 5.75 Å². The second kappa shape index (κ2) is 9.61. The number of methoxy groups -OCH3 is 2. The van der Waals surface area contributed by atoms with Crippen LogP contribution in [0.3, 0.4) is 0 Å². The smallest absolute Gasteiger partial charge is 0.246 e. The average molecular weight is 424 g/mol. The van der Waals surface area contributed by atoms with Gasteiger partial charge in [-0.25, -0.2) is 9.37 Å². The van der Waals surface area contributed by atoms with Crippen molar-refractivity contribution in [3.05, 3.63) is 54.5 Å². The van der Waals surface area contributed by atoms with Crippen molar-refractivity contribution >= 4 is 5.69 Å². The number of nitrogens with one attached hydrogen (secondary N) is 2. The van der Waals surface area contributed by atoms with Crippen molar-refractivity contribution in [3.63, 3.8) is 0 Å². The molecule has 3 aromatic rings. The van der Waals surface area contributed by atoms with Crippen LogP contribution in [0.25, 0.3) is 11.4 Å². The Morgan fingerprint density at radius 2 is 1.90 bits per heavy atom. The molecule has 4 rings (SSSR count). The zero-order valence-corrected chi connectivity index (χ0v) is 17.5. The molecule has 1 aromatic heterocycles. The molecular formula is C23H25FN4O3. The normalized spacial score (nSPS) is 15.5. The first-order chi connectivity index (χ1) is 15.2. The molecule has 0 unspecified atom stereocenters. The lowest BCUT2D eigenvalue weighted by Crippen LogP contribution is -2.29. The molecule has 162 valence electrons. The van der Waals surface area contributed by atoms with E-state index in [2.05, 4.69) is 20.6 Å². The SMILES string of the molecule is COc1ccc(Oc2nc(-c3ccc(F)c(OC)c3)ncc2NC[C@@H]2CCCN2)cc1. The van der Waals surface area contributed by atoms with E-state index in [1.54, 1.807) is 25.4 Å². The molecule has 1 saturated heterocycles. The highest BCUT2D eigenvalue weighted by Crippen LogP contribution is 2.32. The summed E-state index contributed by atoms with van der Waals surface area (Å²) in [5, 5.41) is 6.84. The number of nitrogens with zero attached hydrogens (tertiary/aromatic N) is 2. The van der Waals surface area contributed by atoms with Crippen LogP contribution in [0.1, 0.15) is 12.8 Å². The fourth-order valence-electron chi connectivity index (χ4n) is 3.42. The van der Waals surface area contributed by atoms with Gasteiger partial charge >= 0.3 is 0 Å². The summed E-state index contributed by atoms with van der Waals surface area (Å²) in [6.45, 7) is 1.77. The summed E-state index contributed by atoms with van der Waals surface area (Å²) in [7, 11) is 3.04. The summed E-state index contributed by atoms with van der Waals surface area (Å²) in [5.74, 6) is 1.84. The molecule has 2 aromatic carbocycles. The molecule has 31 heavy (non-hydrogen) atoms. The number of rotatable bonds is 8. The predicted molar refractivity (Wildman–Crippen MR) is 117 cm³/mol. The van der Waals surface area contributed by atoms with Gasteiger partial charge in [0.1, 0.15) is 17.2 Å². The van der Waals surface area contributed by atoms with Crippen molar-refractivity contribution in [1.29, 1.82) is 0 Å². The van der Waals surface area contributed by atoms with E-state index in [0.29, 0.717) is 34.7 Å². The van der Waals surface area contributed by atoms with E-state index in [1.807, 2.05) is 24.3 Å². The summed E-state index contributed by atoms with van der Waals surface area (Å²) in [4.78, 5) is 9.06. The van der Waals surface area contributed by atoms with E-state index in [4.69, 9.17) is 14.2 Å². The van der Waals surface area contributed by atoms with Crippen molar-refractivity contribution in [3.8, 4) is 34.5 Å². The largest absolute Gasteiger partial charge is 0.497 e. The summed E-state index contributed by atoms with van der Waals surface area (Å²) < 4.78 is 30.2. The van der Waals surface area contributed by atoms with Gasteiger partial charge in [0.2, 0.25) is 5.88 Å². The van der Waals surface area contributed by atoms with E-state index in [0.717, 1.165) is 25.3 Å². The van der Waals surface area contributed by atoms with Gasteiger partial charge in [-0.15, -0.1) is 0 Å².